The van der Waals surface area contributed by atoms with Crippen LogP contribution in [0.5, 0.6) is 0 Å². The first kappa shape index (κ1) is 10.5. The zero-order chi connectivity index (χ0) is 11.9. The lowest BCUT2D eigenvalue weighted by molar-refractivity contribution is 0.284. The molecule has 1 spiro atoms. The molecule has 0 N–H and O–H groups in total. The number of nitriles is 4. The number of rotatable bonds is 0. The predicted octanol–water partition coefficient (Wildman–Crippen LogP) is 2.02. The summed E-state index contributed by atoms with van der Waals surface area (Å²) in [4.78, 5) is 0. The first-order chi connectivity index (χ1) is 7.70. The lowest BCUT2D eigenvalue weighted by Crippen LogP contribution is -2.16. The van der Waals surface area contributed by atoms with Gasteiger partial charge in [0.1, 0.15) is 0 Å². The van der Waals surface area contributed by atoms with Gasteiger partial charge in [-0.05, 0) is 12.8 Å². The summed E-state index contributed by atoms with van der Waals surface area (Å²) in [6, 6.07) is 7.80. The van der Waals surface area contributed by atoms with Gasteiger partial charge in [0, 0.05) is 5.41 Å². The normalized spacial score (nSPS) is 26.8. The average molecular weight is 210 g/mol. The smallest absolute Gasteiger partial charge is 0.184 e. The summed E-state index contributed by atoms with van der Waals surface area (Å²) in [6.07, 6.45) is 4.15. The van der Waals surface area contributed by atoms with Crippen molar-refractivity contribution in [1.29, 1.82) is 21.0 Å². The van der Waals surface area contributed by atoms with Gasteiger partial charge >= 0.3 is 0 Å². The molecule has 78 valence electrons. The van der Waals surface area contributed by atoms with E-state index in [0.29, 0.717) is 12.8 Å². The van der Waals surface area contributed by atoms with E-state index in [-0.39, 0.29) is 0 Å². The fourth-order valence-electron chi connectivity index (χ4n) is 3.41. The Balaban J connectivity index is 2.58. The topological polar surface area (TPSA) is 95.2 Å². The van der Waals surface area contributed by atoms with Gasteiger partial charge < -0.3 is 0 Å². The van der Waals surface area contributed by atoms with E-state index in [9.17, 15) is 21.0 Å². The summed E-state index contributed by atoms with van der Waals surface area (Å²) in [5, 5.41) is 36.8. The Hall–Kier alpha value is -2.04. The zero-order valence-corrected chi connectivity index (χ0v) is 8.82. The highest BCUT2D eigenvalue weighted by Gasteiger charge is 2.90. The van der Waals surface area contributed by atoms with E-state index in [4.69, 9.17) is 0 Å². The molecule has 4 heteroatoms. The molecule has 2 aliphatic rings. The van der Waals surface area contributed by atoms with Crippen LogP contribution in [0.25, 0.3) is 0 Å². The Morgan fingerprint density at radius 1 is 0.625 bits per heavy atom. The molecule has 0 saturated heterocycles. The maximum Gasteiger partial charge on any atom is 0.184 e. The van der Waals surface area contributed by atoms with Crippen molar-refractivity contribution in [1.82, 2.24) is 0 Å². The van der Waals surface area contributed by atoms with Crippen LogP contribution < -0.4 is 0 Å². The Bertz CT molecular complexity index is 417. The van der Waals surface area contributed by atoms with Gasteiger partial charge in [0.25, 0.3) is 0 Å². The minimum absolute atomic E-state index is 0.648. The minimum atomic E-state index is -1.40. The van der Waals surface area contributed by atoms with Crippen LogP contribution in [0.4, 0.5) is 0 Å². The highest BCUT2D eigenvalue weighted by molar-refractivity contribution is 5.56. The fraction of sp³-hybridized carbons (Fsp3) is 0.667. The molecular weight excluding hydrogens is 200 g/mol. The quantitative estimate of drug-likeness (QED) is 0.611. The summed E-state index contributed by atoms with van der Waals surface area (Å²) in [5.74, 6) is 0. The molecule has 0 aromatic rings. The van der Waals surface area contributed by atoms with Crippen LogP contribution in [0.2, 0.25) is 0 Å². The number of nitrogens with zero attached hydrogens (tertiary/aromatic N) is 4. The fourth-order valence-corrected chi connectivity index (χ4v) is 3.41. The van der Waals surface area contributed by atoms with Gasteiger partial charge in [0.2, 0.25) is 0 Å². The Morgan fingerprint density at radius 2 is 1.00 bits per heavy atom. The molecule has 2 fully saturated rings. The van der Waals surface area contributed by atoms with E-state index >= 15 is 0 Å². The molecule has 4 nitrogen and oxygen atoms in total. The van der Waals surface area contributed by atoms with Crippen LogP contribution >= 0.6 is 0 Å². The largest absolute Gasteiger partial charge is 0.196 e. The second-order valence-corrected chi connectivity index (χ2v) is 4.59. The standard InChI is InChI=1S/C12H10N4/c13-6-11(7-14)10(4-2-1-3-5-10)12(11,8-15)9-16/h1-5H2. The van der Waals surface area contributed by atoms with Gasteiger partial charge in [-0.1, -0.05) is 19.3 Å². The van der Waals surface area contributed by atoms with Crippen LogP contribution in [0.1, 0.15) is 32.1 Å². The Morgan fingerprint density at radius 3 is 1.31 bits per heavy atom. The van der Waals surface area contributed by atoms with E-state index in [1.165, 1.54) is 0 Å². The monoisotopic (exact) mass is 210 g/mol. The molecule has 16 heavy (non-hydrogen) atoms. The van der Waals surface area contributed by atoms with Crippen molar-refractivity contribution in [3.05, 3.63) is 0 Å². The molecule has 0 atom stereocenters. The lowest BCUT2D eigenvalue weighted by Gasteiger charge is -2.22. The number of hydrogen-bond donors (Lipinski definition) is 0. The summed E-state index contributed by atoms with van der Waals surface area (Å²) in [5.41, 5.74) is -3.49. The summed E-state index contributed by atoms with van der Waals surface area (Å²) in [7, 11) is 0. The molecule has 0 unspecified atom stereocenters. The van der Waals surface area contributed by atoms with Crippen LogP contribution in [-0.2, 0) is 0 Å². The van der Waals surface area contributed by atoms with Gasteiger partial charge in [-0.2, -0.15) is 21.0 Å². The van der Waals surface area contributed by atoms with Crippen molar-refractivity contribution >= 4 is 0 Å². The van der Waals surface area contributed by atoms with Crippen molar-refractivity contribution in [3.8, 4) is 24.3 Å². The average Bonchev–Trinajstić information content (AvgIpc) is 2.85. The lowest BCUT2D eigenvalue weighted by atomic mass is 9.79. The molecule has 2 saturated carbocycles. The van der Waals surface area contributed by atoms with Crippen LogP contribution in [-0.4, -0.2) is 0 Å². The van der Waals surface area contributed by atoms with Crippen LogP contribution in [0.15, 0.2) is 0 Å². The van der Waals surface area contributed by atoms with Gasteiger partial charge in [0.15, 0.2) is 10.8 Å². The van der Waals surface area contributed by atoms with Crippen LogP contribution in [0.3, 0.4) is 0 Å². The van der Waals surface area contributed by atoms with E-state index in [0.717, 1.165) is 19.3 Å². The predicted molar refractivity (Wildman–Crippen MR) is 52.8 cm³/mol. The van der Waals surface area contributed by atoms with E-state index < -0.39 is 16.2 Å². The maximum atomic E-state index is 9.20. The van der Waals surface area contributed by atoms with Crippen molar-refractivity contribution < 1.29 is 0 Å². The summed E-state index contributed by atoms with van der Waals surface area (Å²) in [6.45, 7) is 0. The molecule has 2 rings (SSSR count). The Labute approximate surface area is 94.3 Å². The molecule has 0 aromatic carbocycles. The first-order valence-electron chi connectivity index (χ1n) is 5.35. The SMILES string of the molecule is N#CC1(C#N)C(C#N)(C#N)C12CCCCC2. The van der Waals surface area contributed by atoms with Gasteiger partial charge in [0.05, 0.1) is 24.3 Å². The van der Waals surface area contributed by atoms with Crippen molar-refractivity contribution in [2.45, 2.75) is 32.1 Å². The second kappa shape index (κ2) is 2.98. The molecular formula is C12H10N4. The molecule has 0 bridgehead atoms. The molecule has 0 aliphatic heterocycles. The minimum Gasteiger partial charge on any atom is -0.196 e. The van der Waals surface area contributed by atoms with Crippen molar-refractivity contribution in [3.63, 3.8) is 0 Å². The third-order valence-corrected chi connectivity index (χ3v) is 4.31. The molecule has 0 radical (unpaired) electrons. The van der Waals surface area contributed by atoms with Gasteiger partial charge in [-0.3, -0.25) is 0 Å². The summed E-state index contributed by atoms with van der Waals surface area (Å²) < 4.78 is 0. The van der Waals surface area contributed by atoms with Crippen molar-refractivity contribution in [2.24, 2.45) is 16.2 Å². The van der Waals surface area contributed by atoms with Gasteiger partial charge in [-0.25, -0.2) is 0 Å². The molecule has 0 aromatic heterocycles. The third kappa shape index (κ3) is 0.711. The molecule has 2 aliphatic carbocycles. The molecule has 0 amide bonds. The van der Waals surface area contributed by atoms with Crippen molar-refractivity contribution in [2.75, 3.05) is 0 Å². The van der Waals surface area contributed by atoms with Gasteiger partial charge in [-0.15, -0.1) is 0 Å². The maximum absolute atomic E-state index is 9.20. The highest BCUT2D eigenvalue weighted by atomic mass is 14.8. The van der Waals surface area contributed by atoms with E-state index in [1.807, 2.05) is 24.3 Å². The zero-order valence-electron chi connectivity index (χ0n) is 8.82. The van der Waals surface area contributed by atoms with E-state index in [2.05, 4.69) is 0 Å². The second-order valence-electron chi connectivity index (χ2n) is 4.59. The number of hydrogen-bond acceptors (Lipinski definition) is 4. The Kier molecular flexibility index (Phi) is 1.95. The first-order valence-corrected chi connectivity index (χ1v) is 5.35. The van der Waals surface area contributed by atoms with E-state index in [1.54, 1.807) is 0 Å². The van der Waals surface area contributed by atoms with Crippen LogP contribution in [0, 0.1) is 61.6 Å². The molecule has 0 heterocycles. The highest BCUT2D eigenvalue weighted by Crippen LogP contribution is 2.82. The summed E-state index contributed by atoms with van der Waals surface area (Å²) >= 11 is 0. The third-order valence-electron chi connectivity index (χ3n) is 4.31.